The van der Waals surface area contributed by atoms with Gasteiger partial charge in [-0.25, -0.2) is 9.59 Å². The van der Waals surface area contributed by atoms with Crippen LogP contribution in [0.4, 0.5) is 9.59 Å². The van der Waals surface area contributed by atoms with E-state index in [0.717, 1.165) is 0 Å². The average Bonchev–Trinajstić information content (AvgIpc) is 3.40. The minimum atomic E-state index is -0.542. The minimum Gasteiger partial charge on any atom is -0.493 e. The molecule has 2 heterocycles. The Bertz CT molecular complexity index is 2390. The molecule has 0 radical (unpaired) electrons. The van der Waals surface area contributed by atoms with Crippen LogP contribution >= 0.6 is 0 Å². The number of nitrogens with one attached hydrogen (secondary N) is 4. The van der Waals surface area contributed by atoms with Crippen molar-refractivity contribution in [2.75, 3.05) is 82.1 Å². The smallest absolute Gasteiger partial charge is 0.409 e. The molecule has 2 saturated heterocycles. The van der Waals surface area contributed by atoms with Gasteiger partial charge in [-0.3, -0.25) is 19.2 Å². The molecule has 0 aliphatic carbocycles. The molecule has 4 aromatic carbocycles. The summed E-state index contributed by atoms with van der Waals surface area (Å²) in [7, 11) is 8.92. The standard InChI is InChI=1S/C52H64N6O14/c1-9-71-51(63)57-15-11-39(12-16-57)55-49(61)37-25-34(26-38(28-37)50(62)56-40-13-17-58(18-14-40)52(64)72-10-2)33-23-35(47(59)53-29-31-19-41(65-3)45(69-7)42(20-31)66-4)27-36(24-33)48(60)54-30-32-21-43(67-5)46(70-8)44(22-32)68-6/h19-28,39-40H,9-18,29-30H2,1-8H3,(H,53,59)(H,54,60)(H,55,61)(H,56,62). The van der Waals surface area contributed by atoms with Crippen molar-refractivity contribution < 1.29 is 66.7 Å². The third-order valence-corrected chi connectivity index (χ3v) is 12.3. The highest BCUT2D eigenvalue weighted by Crippen LogP contribution is 2.39. The van der Waals surface area contributed by atoms with E-state index in [1.807, 2.05) is 0 Å². The number of piperidine rings is 2. The molecule has 4 aromatic rings. The van der Waals surface area contributed by atoms with Crippen LogP contribution in [0.3, 0.4) is 0 Å². The highest BCUT2D eigenvalue weighted by atomic mass is 16.6. The van der Waals surface area contributed by atoms with Crippen molar-refractivity contribution in [3.05, 3.63) is 94.0 Å². The second-order valence-electron chi connectivity index (χ2n) is 16.9. The molecule has 0 saturated carbocycles. The van der Waals surface area contributed by atoms with Gasteiger partial charge in [-0.05, 0) is 122 Å². The monoisotopic (exact) mass is 996 g/mol. The first-order chi connectivity index (χ1) is 34.8. The molecule has 20 heteroatoms. The number of rotatable bonds is 19. The molecule has 0 spiro atoms. The molecular weight excluding hydrogens is 933 g/mol. The maximum atomic E-state index is 14.2. The Kier molecular flexibility index (Phi) is 18.8. The zero-order valence-electron chi connectivity index (χ0n) is 42.0. The van der Waals surface area contributed by atoms with Gasteiger partial charge >= 0.3 is 12.2 Å². The molecule has 0 unspecified atom stereocenters. The van der Waals surface area contributed by atoms with Crippen LogP contribution in [0.25, 0.3) is 11.1 Å². The quantitative estimate of drug-likeness (QED) is 0.0849. The summed E-state index contributed by atoms with van der Waals surface area (Å²) in [6, 6.07) is 15.6. The van der Waals surface area contributed by atoms with Gasteiger partial charge in [-0.2, -0.15) is 0 Å². The fourth-order valence-corrected chi connectivity index (χ4v) is 8.54. The summed E-state index contributed by atoms with van der Waals surface area (Å²) in [5, 5.41) is 12.0. The molecule has 2 aliphatic heterocycles. The predicted octanol–water partition coefficient (Wildman–Crippen LogP) is 5.97. The molecule has 6 amide bonds. The first-order valence-electron chi connectivity index (χ1n) is 23.7. The van der Waals surface area contributed by atoms with Gasteiger partial charge in [0, 0.05) is 73.6 Å². The van der Waals surface area contributed by atoms with E-state index in [1.165, 1.54) is 54.8 Å². The van der Waals surface area contributed by atoms with Crippen LogP contribution in [0.15, 0.2) is 60.7 Å². The molecule has 2 aliphatic rings. The van der Waals surface area contributed by atoms with E-state index < -0.39 is 35.8 Å². The van der Waals surface area contributed by atoms with E-state index in [0.29, 0.717) is 109 Å². The second kappa shape index (κ2) is 25.3. The number of carbonyl (C=O) groups excluding carboxylic acids is 6. The van der Waals surface area contributed by atoms with Crippen molar-refractivity contribution >= 4 is 35.8 Å². The molecule has 0 bridgehead atoms. The third kappa shape index (κ3) is 13.3. The topological polar surface area (TPSA) is 231 Å². The molecular formula is C52H64N6O14. The van der Waals surface area contributed by atoms with E-state index in [4.69, 9.17) is 37.9 Å². The van der Waals surface area contributed by atoms with Gasteiger partial charge in [0.05, 0.1) is 55.9 Å². The Balaban J connectivity index is 1.36. The number of hydrogen-bond acceptors (Lipinski definition) is 14. The first kappa shape index (κ1) is 53.5. The normalized spacial score (nSPS) is 13.8. The van der Waals surface area contributed by atoms with E-state index in [2.05, 4.69) is 21.3 Å². The summed E-state index contributed by atoms with van der Waals surface area (Å²) in [6.45, 7) is 5.55. The molecule has 20 nitrogen and oxygen atoms in total. The Morgan fingerprint density at radius 1 is 0.444 bits per heavy atom. The highest BCUT2D eigenvalue weighted by Gasteiger charge is 2.28. The van der Waals surface area contributed by atoms with Crippen LogP contribution in [0.5, 0.6) is 34.5 Å². The summed E-state index contributed by atoms with van der Waals surface area (Å²) in [5.74, 6) is 0.310. The highest BCUT2D eigenvalue weighted by molar-refractivity contribution is 6.04. The molecule has 0 aromatic heterocycles. The minimum absolute atomic E-state index is 0.0276. The molecule has 4 N–H and O–H groups in total. The summed E-state index contributed by atoms with van der Waals surface area (Å²) < 4.78 is 43.3. The van der Waals surface area contributed by atoms with Gasteiger partial charge in [-0.15, -0.1) is 0 Å². The number of ether oxygens (including phenoxy) is 8. The maximum Gasteiger partial charge on any atom is 0.409 e. The summed E-state index contributed by atoms with van der Waals surface area (Å²) in [4.78, 5) is 84.8. The van der Waals surface area contributed by atoms with E-state index in [-0.39, 0.29) is 60.6 Å². The van der Waals surface area contributed by atoms with Crippen molar-refractivity contribution in [1.29, 1.82) is 0 Å². The van der Waals surface area contributed by atoms with E-state index in [1.54, 1.807) is 72.2 Å². The lowest BCUT2D eigenvalue weighted by Gasteiger charge is -2.32. The van der Waals surface area contributed by atoms with Gasteiger partial charge in [0.2, 0.25) is 11.5 Å². The number of hydrogen-bond donors (Lipinski definition) is 4. The summed E-state index contributed by atoms with van der Waals surface area (Å²) in [5.41, 5.74) is 2.46. The van der Waals surface area contributed by atoms with Crippen LogP contribution in [-0.4, -0.2) is 140 Å². The van der Waals surface area contributed by atoms with Gasteiger partial charge in [-0.1, -0.05) is 0 Å². The Morgan fingerprint density at radius 3 is 1.03 bits per heavy atom. The van der Waals surface area contributed by atoms with Crippen molar-refractivity contribution in [3.8, 4) is 45.6 Å². The Hall–Kier alpha value is -7.90. The van der Waals surface area contributed by atoms with Gasteiger partial charge in [0.1, 0.15) is 0 Å². The van der Waals surface area contributed by atoms with Crippen LogP contribution in [0.2, 0.25) is 0 Å². The number of nitrogens with zero attached hydrogens (tertiary/aromatic N) is 2. The number of methoxy groups -OCH3 is 6. The largest absolute Gasteiger partial charge is 0.493 e. The first-order valence-corrected chi connectivity index (χ1v) is 23.7. The SMILES string of the molecule is CCOC(=O)N1CCC(NC(=O)c2cc(C(=O)NC3CCN(C(=O)OCC)CC3)cc(-c3cc(C(=O)NCc4cc(OC)c(OC)c(OC)c4)cc(C(=O)NCc4cc(OC)c(OC)c(OC)c4)c3)c2)CC1. The van der Waals surface area contributed by atoms with Crippen molar-refractivity contribution in [2.24, 2.45) is 0 Å². The Labute approximate surface area is 418 Å². The van der Waals surface area contributed by atoms with E-state index >= 15 is 0 Å². The van der Waals surface area contributed by atoms with Crippen molar-refractivity contribution in [3.63, 3.8) is 0 Å². The molecule has 2 fully saturated rings. The zero-order valence-corrected chi connectivity index (χ0v) is 42.0. The summed E-state index contributed by atoms with van der Waals surface area (Å²) >= 11 is 0. The molecule has 6 rings (SSSR count). The lowest BCUT2D eigenvalue weighted by Crippen LogP contribution is -2.47. The van der Waals surface area contributed by atoms with Crippen LogP contribution in [0.1, 0.15) is 92.1 Å². The van der Waals surface area contributed by atoms with Gasteiger partial charge < -0.3 is 69.0 Å². The molecule has 386 valence electrons. The van der Waals surface area contributed by atoms with Crippen LogP contribution in [-0.2, 0) is 22.6 Å². The maximum absolute atomic E-state index is 14.2. The number of carbonyl (C=O) groups is 6. The zero-order chi connectivity index (χ0) is 51.9. The fourth-order valence-electron chi connectivity index (χ4n) is 8.54. The Morgan fingerprint density at radius 2 is 0.750 bits per heavy atom. The number of likely N-dealkylation sites (tertiary alicyclic amines) is 2. The average molecular weight is 997 g/mol. The van der Waals surface area contributed by atoms with Crippen molar-refractivity contribution in [2.45, 2.75) is 64.7 Å². The number of amides is 6. The van der Waals surface area contributed by atoms with Crippen molar-refractivity contribution in [1.82, 2.24) is 31.1 Å². The van der Waals surface area contributed by atoms with Crippen LogP contribution in [0, 0.1) is 0 Å². The third-order valence-electron chi connectivity index (χ3n) is 12.3. The number of benzene rings is 4. The van der Waals surface area contributed by atoms with Crippen LogP contribution < -0.4 is 49.7 Å². The summed E-state index contributed by atoms with van der Waals surface area (Å²) in [6.07, 6.45) is 1.08. The lowest BCUT2D eigenvalue weighted by molar-refractivity contribution is 0.0849. The molecule has 72 heavy (non-hydrogen) atoms. The second-order valence-corrected chi connectivity index (χ2v) is 16.9. The lowest BCUT2D eigenvalue weighted by atomic mass is 9.94. The molecule has 0 atom stereocenters. The van der Waals surface area contributed by atoms with Gasteiger partial charge in [0.15, 0.2) is 23.0 Å². The van der Waals surface area contributed by atoms with E-state index in [9.17, 15) is 28.8 Å². The van der Waals surface area contributed by atoms with Gasteiger partial charge in [0.25, 0.3) is 23.6 Å². The predicted molar refractivity (Wildman–Crippen MR) is 265 cm³/mol. The fraction of sp³-hybridized carbons (Fsp3) is 0.423.